The third kappa shape index (κ3) is 3.49. The van der Waals surface area contributed by atoms with E-state index < -0.39 is 5.54 Å². The molecule has 2 N–H and O–H groups in total. The second kappa shape index (κ2) is 7.40. The summed E-state index contributed by atoms with van der Waals surface area (Å²) in [5.41, 5.74) is 6.69. The standard InChI is InChI=1S/C18H27N3O3/c1-2-24-16-6-4-3-5-15(16)20-9-11-21(12-10-20)17(22)18(19)7-13-23-14-8-18/h3-6H,2,7-14,19H2,1H3. The topological polar surface area (TPSA) is 68.0 Å². The van der Waals surface area contributed by atoms with Crippen molar-refractivity contribution < 1.29 is 14.3 Å². The fraction of sp³-hybridized carbons (Fsp3) is 0.611. The van der Waals surface area contributed by atoms with Crippen molar-refractivity contribution in [1.82, 2.24) is 4.90 Å². The van der Waals surface area contributed by atoms with Crippen molar-refractivity contribution in [1.29, 1.82) is 0 Å². The summed E-state index contributed by atoms with van der Waals surface area (Å²) in [7, 11) is 0. The molecule has 1 aromatic rings. The Hall–Kier alpha value is -1.79. The van der Waals surface area contributed by atoms with Crippen molar-refractivity contribution in [3.05, 3.63) is 24.3 Å². The Kier molecular flexibility index (Phi) is 5.26. The number of nitrogens with two attached hydrogens (primary N) is 1. The normalized spacial score (nSPS) is 20.8. The number of benzene rings is 1. The molecule has 2 fully saturated rings. The predicted octanol–water partition coefficient (Wildman–Crippen LogP) is 1.24. The quantitative estimate of drug-likeness (QED) is 0.898. The van der Waals surface area contributed by atoms with Crippen LogP contribution in [0.3, 0.4) is 0 Å². The lowest BCUT2D eigenvalue weighted by molar-refractivity contribution is -0.140. The molecule has 6 heteroatoms. The van der Waals surface area contributed by atoms with E-state index in [1.165, 1.54) is 0 Å². The first-order valence-corrected chi connectivity index (χ1v) is 8.77. The fourth-order valence-corrected chi connectivity index (χ4v) is 3.41. The van der Waals surface area contributed by atoms with Crippen LogP contribution in [0, 0.1) is 0 Å². The van der Waals surface area contributed by atoms with E-state index in [1.54, 1.807) is 0 Å². The van der Waals surface area contributed by atoms with Gasteiger partial charge in [0.15, 0.2) is 0 Å². The Morgan fingerprint density at radius 1 is 1.21 bits per heavy atom. The predicted molar refractivity (Wildman–Crippen MR) is 93.4 cm³/mol. The third-order valence-corrected chi connectivity index (χ3v) is 4.88. The molecule has 2 heterocycles. The molecule has 0 aliphatic carbocycles. The summed E-state index contributed by atoms with van der Waals surface area (Å²) in [6.07, 6.45) is 1.22. The zero-order chi connectivity index (χ0) is 17.0. The summed E-state index contributed by atoms with van der Waals surface area (Å²) in [5.74, 6) is 0.975. The number of anilines is 1. The second-order valence-corrected chi connectivity index (χ2v) is 6.45. The molecule has 1 aromatic carbocycles. The minimum Gasteiger partial charge on any atom is -0.492 e. The van der Waals surface area contributed by atoms with Crippen LogP contribution in [-0.2, 0) is 9.53 Å². The third-order valence-electron chi connectivity index (χ3n) is 4.88. The van der Waals surface area contributed by atoms with Crippen molar-refractivity contribution in [2.75, 3.05) is 50.9 Å². The number of piperazine rings is 1. The number of rotatable bonds is 4. The van der Waals surface area contributed by atoms with E-state index >= 15 is 0 Å². The molecule has 0 unspecified atom stereocenters. The molecule has 2 aliphatic rings. The van der Waals surface area contributed by atoms with Gasteiger partial charge in [0.05, 0.1) is 17.8 Å². The molecule has 0 bridgehead atoms. The van der Waals surface area contributed by atoms with Gasteiger partial charge in [-0.15, -0.1) is 0 Å². The lowest BCUT2D eigenvalue weighted by Crippen LogP contribution is -2.61. The van der Waals surface area contributed by atoms with Gasteiger partial charge in [-0.25, -0.2) is 0 Å². The Bertz CT molecular complexity index is 564. The van der Waals surface area contributed by atoms with Crippen molar-refractivity contribution in [2.45, 2.75) is 25.3 Å². The molecule has 24 heavy (non-hydrogen) atoms. The van der Waals surface area contributed by atoms with Gasteiger partial charge in [-0.2, -0.15) is 0 Å². The minimum absolute atomic E-state index is 0.0727. The Morgan fingerprint density at radius 3 is 2.54 bits per heavy atom. The molecule has 0 aromatic heterocycles. The highest BCUT2D eigenvalue weighted by Gasteiger charge is 2.39. The monoisotopic (exact) mass is 333 g/mol. The van der Waals surface area contributed by atoms with E-state index in [0.29, 0.717) is 45.8 Å². The van der Waals surface area contributed by atoms with Crippen LogP contribution in [0.5, 0.6) is 5.75 Å². The number of hydrogen-bond acceptors (Lipinski definition) is 5. The van der Waals surface area contributed by atoms with Gasteiger partial charge in [-0.05, 0) is 31.9 Å². The first-order valence-electron chi connectivity index (χ1n) is 8.77. The Morgan fingerprint density at radius 2 is 1.88 bits per heavy atom. The van der Waals surface area contributed by atoms with Crippen molar-refractivity contribution in [3.63, 3.8) is 0 Å². The zero-order valence-electron chi connectivity index (χ0n) is 14.4. The van der Waals surface area contributed by atoms with Crippen molar-refractivity contribution >= 4 is 11.6 Å². The lowest BCUT2D eigenvalue weighted by Gasteiger charge is -2.41. The molecule has 0 saturated carbocycles. The maximum Gasteiger partial charge on any atom is 0.242 e. The van der Waals surface area contributed by atoms with Gasteiger partial charge >= 0.3 is 0 Å². The largest absolute Gasteiger partial charge is 0.492 e. The molecular formula is C18H27N3O3. The maximum atomic E-state index is 12.8. The average Bonchev–Trinajstić information content (AvgIpc) is 2.63. The Labute approximate surface area is 143 Å². The number of amides is 1. The molecule has 0 radical (unpaired) electrons. The highest BCUT2D eigenvalue weighted by Crippen LogP contribution is 2.29. The smallest absolute Gasteiger partial charge is 0.242 e. The number of ether oxygens (including phenoxy) is 2. The van der Waals surface area contributed by atoms with Crippen LogP contribution in [0.15, 0.2) is 24.3 Å². The van der Waals surface area contributed by atoms with Crippen molar-refractivity contribution in [3.8, 4) is 5.75 Å². The van der Waals surface area contributed by atoms with E-state index in [1.807, 2.05) is 30.0 Å². The van der Waals surface area contributed by atoms with E-state index in [-0.39, 0.29) is 5.91 Å². The number of para-hydroxylation sites is 2. The number of hydrogen-bond donors (Lipinski definition) is 1. The van der Waals surface area contributed by atoms with Gasteiger partial charge in [0.2, 0.25) is 5.91 Å². The molecule has 0 atom stereocenters. The van der Waals surface area contributed by atoms with E-state index in [9.17, 15) is 4.79 Å². The first-order chi connectivity index (χ1) is 11.6. The molecule has 0 spiro atoms. The number of carbonyl (C=O) groups is 1. The van der Waals surface area contributed by atoms with Gasteiger partial charge < -0.3 is 25.0 Å². The van der Waals surface area contributed by atoms with Gasteiger partial charge in [0.25, 0.3) is 0 Å². The zero-order valence-corrected chi connectivity index (χ0v) is 14.4. The summed E-state index contributed by atoms with van der Waals surface area (Å²) in [4.78, 5) is 17.0. The van der Waals surface area contributed by atoms with Gasteiger partial charge in [0.1, 0.15) is 5.75 Å². The summed E-state index contributed by atoms with van der Waals surface area (Å²) >= 11 is 0. The van der Waals surface area contributed by atoms with Gasteiger partial charge in [-0.3, -0.25) is 4.79 Å². The van der Waals surface area contributed by atoms with Crippen LogP contribution in [0.1, 0.15) is 19.8 Å². The van der Waals surface area contributed by atoms with E-state index in [4.69, 9.17) is 15.2 Å². The molecule has 2 aliphatic heterocycles. The molecule has 132 valence electrons. The summed E-state index contributed by atoms with van der Waals surface area (Å²) < 4.78 is 11.1. The fourth-order valence-electron chi connectivity index (χ4n) is 3.41. The first kappa shape index (κ1) is 17.0. The summed E-state index contributed by atoms with van der Waals surface area (Å²) in [6, 6.07) is 8.07. The van der Waals surface area contributed by atoms with Crippen LogP contribution in [0.4, 0.5) is 5.69 Å². The second-order valence-electron chi connectivity index (χ2n) is 6.45. The molecular weight excluding hydrogens is 306 g/mol. The van der Waals surface area contributed by atoms with Crippen LogP contribution in [-0.4, -0.2) is 62.3 Å². The average molecular weight is 333 g/mol. The SMILES string of the molecule is CCOc1ccccc1N1CCN(C(=O)C2(N)CCOCC2)CC1. The maximum absolute atomic E-state index is 12.8. The summed E-state index contributed by atoms with van der Waals surface area (Å²) in [5, 5.41) is 0. The highest BCUT2D eigenvalue weighted by molar-refractivity contribution is 5.86. The number of carbonyl (C=O) groups excluding carboxylic acids is 1. The van der Waals surface area contributed by atoms with Crippen LogP contribution in [0.25, 0.3) is 0 Å². The molecule has 2 saturated heterocycles. The van der Waals surface area contributed by atoms with Gasteiger partial charge in [-0.1, -0.05) is 12.1 Å². The van der Waals surface area contributed by atoms with E-state index in [0.717, 1.165) is 24.5 Å². The van der Waals surface area contributed by atoms with Gasteiger partial charge in [0, 0.05) is 39.4 Å². The van der Waals surface area contributed by atoms with Crippen molar-refractivity contribution in [2.24, 2.45) is 5.73 Å². The van der Waals surface area contributed by atoms with E-state index in [2.05, 4.69) is 11.0 Å². The Balaban J connectivity index is 1.63. The molecule has 1 amide bonds. The lowest BCUT2D eigenvalue weighted by atomic mass is 9.89. The number of nitrogens with zero attached hydrogens (tertiary/aromatic N) is 2. The summed E-state index contributed by atoms with van der Waals surface area (Å²) in [6.45, 7) is 6.76. The molecule has 3 rings (SSSR count). The molecule has 6 nitrogen and oxygen atoms in total. The minimum atomic E-state index is -0.746. The van der Waals surface area contributed by atoms with Crippen LogP contribution >= 0.6 is 0 Å². The van der Waals surface area contributed by atoms with Crippen LogP contribution < -0.4 is 15.4 Å². The van der Waals surface area contributed by atoms with Crippen LogP contribution in [0.2, 0.25) is 0 Å². The highest BCUT2D eigenvalue weighted by atomic mass is 16.5.